The summed E-state index contributed by atoms with van der Waals surface area (Å²) in [7, 11) is 0. The van der Waals surface area contributed by atoms with E-state index in [1.165, 1.54) is 0 Å². The minimum Gasteiger partial charge on any atom is -0.450 e. The van der Waals surface area contributed by atoms with E-state index >= 15 is 0 Å². The normalized spacial score (nSPS) is 18.0. The number of likely N-dealkylation sites (tertiary alicyclic amines) is 1. The highest BCUT2D eigenvalue weighted by Gasteiger charge is 2.29. The van der Waals surface area contributed by atoms with Crippen molar-refractivity contribution in [2.75, 3.05) is 32.8 Å². The largest absolute Gasteiger partial charge is 0.450 e. The van der Waals surface area contributed by atoms with Crippen molar-refractivity contribution < 1.29 is 19.4 Å². The lowest BCUT2D eigenvalue weighted by atomic mass is 9.94. The molecule has 0 spiro atoms. The fraction of sp³-hybridized carbons (Fsp3) is 0.611. The smallest absolute Gasteiger partial charge is 0.410 e. The van der Waals surface area contributed by atoms with Crippen molar-refractivity contribution in [1.82, 2.24) is 14.8 Å². The van der Waals surface area contributed by atoms with Crippen LogP contribution >= 0.6 is 0 Å². The van der Waals surface area contributed by atoms with Gasteiger partial charge in [-0.15, -0.1) is 0 Å². The molecule has 0 bridgehead atoms. The van der Waals surface area contributed by atoms with E-state index < -0.39 is 0 Å². The molecule has 1 saturated heterocycles. The molecule has 1 fully saturated rings. The number of fused-ring (bicyclic) bond motifs is 1. The SMILES string of the molecule is CCOC(=O)N1CCc2c(cncc2C(=O)N2CCC(CO)CC2)C1. The van der Waals surface area contributed by atoms with Crippen LogP contribution in [0.2, 0.25) is 0 Å². The van der Waals surface area contributed by atoms with Gasteiger partial charge < -0.3 is 19.6 Å². The van der Waals surface area contributed by atoms with E-state index in [0.29, 0.717) is 50.7 Å². The van der Waals surface area contributed by atoms with Crippen LogP contribution in [0.4, 0.5) is 4.79 Å². The van der Waals surface area contributed by atoms with Crippen molar-refractivity contribution >= 4 is 12.0 Å². The molecular weight excluding hydrogens is 322 g/mol. The number of ether oxygens (including phenoxy) is 1. The molecule has 2 amide bonds. The second kappa shape index (κ2) is 7.82. The summed E-state index contributed by atoms with van der Waals surface area (Å²) in [4.78, 5) is 32.5. The summed E-state index contributed by atoms with van der Waals surface area (Å²) in [6, 6.07) is 0. The van der Waals surface area contributed by atoms with Crippen LogP contribution in [-0.2, 0) is 17.7 Å². The van der Waals surface area contributed by atoms with Crippen LogP contribution < -0.4 is 0 Å². The highest BCUT2D eigenvalue weighted by Crippen LogP contribution is 2.25. The molecule has 136 valence electrons. The minimum atomic E-state index is -0.323. The first kappa shape index (κ1) is 17.7. The summed E-state index contributed by atoms with van der Waals surface area (Å²) in [5.74, 6) is 0.301. The number of rotatable bonds is 3. The Bertz CT molecular complexity index is 641. The molecule has 0 aliphatic carbocycles. The Morgan fingerprint density at radius 2 is 2.00 bits per heavy atom. The van der Waals surface area contributed by atoms with Gasteiger partial charge >= 0.3 is 6.09 Å². The number of piperidine rings is 1. The number of aliphatic hydroxyl groups is 1. The Balaban J connectivity index is 1.73. The third-order valence-electron chi connectivity index (χ3n) is 5.06. The summed E-state index contributed by atoms with van der Waals surface area (Å²) in [5.41, 5.74) is 2.55. The maximum Gasteiger partial charge on any atom is 0.410 e. The van der Waals surface area contributed by atoms with Crippen LogP contribution in [0, 0.1) is 5.92 Å². The minimum absolute atomic E-state index is 0.00493. The number of carbonyl (C=O) groups excluding carboxylic acids is 2. The van der Waals surface area contributed by atoms with E-state index in [-0.39, 0.29) is 18.6 Å². The van der Waals surface area contributed by atoms with E-state index in [1.807, 2.05) is 4.90 Å². The zero-order valence-corrected chi connectivity index (χ0v) is 14.6. The standard InChI is InChI=1S/C18H25N3O4/c1-2-25-18(24)21-8-5-15-14(11-21)9-19-10-16(15)17(23)20-6-3-13(12-22)4-7-20/h9-10,13,22H,2-8,11-12H2,1H3. The van der Waals surface area contributed by atoms with Crippen LogP contribution in [0.3, 0.4) is 0 Å². The summed E-state index contributed by atoms with van der Waals surface area (Å²) in [5, 5.41) is 9.24. The zero-order chi connectivity index (χ0) is 17.8. The fourth-order valence-corrected chi connectivity index (χ4v) is 3.54. The van der Waals surface area contributed by atoms with Crippen molar-refractivity contribution in [1.29, 1.82) is 0 Å². The van der Waals surface area contributed by atoms with Crippen LogP contribution in [-0.4, -0.2) is 64.7 Å². The van der Waals surface area contributed by atoms with Gasteiger partial charge in [0, 0.05) is 38.6 Å². The zero-order valence-electron chi connectivity index (χ0n) is 14.6. The Morgan fingerprint density at radius 3 is 2.68 bits per heavy atom. The molecule has 0 aromatic carbocycles. The van der Waals surface area contributed by atoms with Crippen molar-refractivity contribution in [3.8, 4) is 0 Å². The molecule has 3 heterocycles. The second-order valence-corrected chi connectivity index (χ2v) is 6.61. The predicted molar refractivity (Wildman–Crippen MR) is 91.1 cm³/mol. The lowest BCUT2D eigenvalue weighted by Crippen LogP contribution is -2.41. The van der Waals surface area contributed by atoms with Gasteiger partial charge in [0.15, 0.2) is 0 Å². The number of hydrogen-bond donors (Lipinski definition) is 1. The maximum absolute atomic E-state index is 12.9. The molecule has 0 saturated carbocycles. The molecule has 2 aliphatic heterocycles. The molecule has 25 heavy (non-hydrogen) atoms. The Labute approximate surface area is 147 Å². The molecule has 0 unspecified atom stereocenters. The van der Waals surface area contributed by atoms with Gasteiger partial charge in [-0.1, -0.05) is 0 Å². The highest BCUT2D eigenvalue weighted by atomic mass is 16.6. The monoisotopic (exact) mass is 347 g/mol. The molecule has 0 atom stereocenters. The molecule has 7 heteroatoms. The summed E-state index contributed by atoms with van der Waals surface area (Å²) in [6.07, 6.45) is 5.35. The van der Waals surface area contributed by atoms with Gasteiger partial charge in [0.2, 0.25) is 0 Å². The average molecular weight is 347 g/mol. The van der Waals surface area contributed by atoms with Crippen molar-refractivity contribution in [2.45, 2.75) is 32.7 Å². The Kier molecular flexibility index (Phi) is 5.53. The fourth-order valence-electron chi connectivity index (χ4n) is 3.54. The number of hydrogen-bond acceptors (Lipinski definition) is 5. The average Bonchev–Trinajstić information content (AvgIpc) is 2.66. The van der Waals surface area contributed by atoms with Gasteiger partial charge in [-0.2, -0.15) is 0 Å². The highest BCUT2D eigenvalue weighted by molar-refractivity contribution is 5.96. The van der Waals surface area contributed by atoms with Gasteiger partial charge in [-0.3, -0.25) is 9.78 Å². The van der Waals surface area contributed by atoms with E-state index in [2.05, 4.69) is 4.98 Å². The summed E-state index contributed by atoms with van der Waals surface area (Å²) in [6.45, 7) is 4.63. The van der Waals surface area contributed by atoms with Crippen LogP contribution in [0.1, 0.15) is 41.3 Å². The number of aromatic nitrogens is 1. The van der Waals surface area contributed by atoms with E-state index in [4.69, 9.17) is 4.74 Å². The summed E-state index contributed by atoms with van der Waals surface area (Å²) < 4.78 is 5.06. The van der Waals surface area contributed by atoms with Crippen molar-refractivity contribution in [2.24, 2.45) is 5.92 Å². The molecule has 1 aromatic heterocycles. The quantitative estimate of drug-likeness (QED) is 0.895. The van der Waals surface area contributed by atoms with Gasteiger partial charge in [0.1, 0.15) is 0 Å². The number of amides is 2. The molecule has 2 aliphatic rings. The van der Waals surface area contributed by atoms with Gasteiger partial charge in [-0.05, 0) is 43.2 Å². The molecule has 3 rings (SSSR count). The first-order valence-electron chi connectivity index (χ1n) is 8.91. The van der Waals surface area contributed by atoms with Crippen molar-refractivity contribution in [3.63, 3.8) is 0 Å². The van der Waals surface area contributed by atoms with Crippen LogP contribution in [0.25, 0.3) is 0 Å². The lowest BCUT2D eigenvalue weighted by Gasteiger charge is -2.33. The molecule has 1 aromatic rings. The Morgan fingerprint density at radius 1 is 1.24 bits per heavy atom. The van der Waals surface area contributed by atoms with Crippen molar-refractivity contribution in [3.05, 3.63) is 29.1 Å². The number of pyridine rings is 1. The molecule has 1 N–H and O–H groups in total. The number of aliphatic hydroxyl groups excluding tert-OH is 1. The first-order chi connectivity index (χ1) is 12.1. The van der Waals surface area contributed by atoms with Crippen LogP contribution in [0.15, 0.2) is 12.4 Å². The number of carbonyl (C=O) groups is 2. The number of nitrogens with zero attached hydrogens (tertiary/aromatic N) is 3. The molecule has 0 radical (unpaired) electrons. The first-order valence-corrected chi connectivity index (χ1v) is 8.91. The van der Waals surface area contributed by atoms with E-state index in [9.17, 15) is 14.7 Å². The Hall–Kier alpha value is -2.15. The summed E-state index contributed by atoms with van der Waals surface area (Å²) >= 11 is 0. The van der Waals surface area contributed by atoms with E-state index in [1.54, 1.807) is 24.2 Å². The third-order valence-corrected chi connectivity index (χ3v) is 5.06. The second-order valence-electron chi connectivity index (χ2n) is 6.61. The molecular formula is C18H25N3O4. The van der Waals surface area contributed by atoms with Gasteiger partial charge in [-0.25, -0.2) is 4.79 Å². The van der Waals surface area contributed by atoms with Gasteiger partial charge in [0.05, 0.1) is 18.7 Å². The topological polar surface area (TPSA) is 83.0 Å². The third kappa shape index (κ3) is 3.76. The van der Waals surface area contributed by atoms with Gasteiger partial charge in [0.25, 0.3) is 5.91 Å². The van der Waals surface area contributed by atoms with Crippen LogP contribution in [0.5, 0.6) is 0 Å². The predicted octanol–water partition coefficient (Wildman–Crippen LogP) is 1.44. The lowest BCUT2D eigenvalue weighted by molar-refractivity contribution is 0.0648. The maximum atomic E-state index is 12.9. The van der Waals surface area contributed by atoms with E-state index in [0.717, 1.165) is 24.0 Å². The molecule has 7 nitrogen and oxygen atoms in total.